The van der Waals surface area contributed by atoms with Gasteiger partial charge in [-0.25, -0.2) is 8.78 Å². The zero-order valence-corrected chi connectivity index (χ0v) is 23.7. The number of carbonyl (C=O) groups is 1. The molecule has 0 spiro atoms. The number of amides is 1. The fourth-order valence-electron chi connectivity index (χ4n) is 4.83. The molecule has 0 bridgehead atoms. The monoisotopic (exact) mass is 639 g/mol. The molecule has 0 aliphatic rings. The Morgan fingerprint density at radius 2 is 1.44 bits per heavy atom. The van der Waals surface area contributed by atoms with Gasteiger partial charge in [0.15, 0.2) is 0 Å². The quantitative estimate of drug-likeness (QED) is 0.176. The van der Waals surface area contributed by atoms with Crippen LogP contribution in [0.3, 0.4) is 0 Å². The van der Waals surface area contributed by atoms with E-state index in [0.717, 1.165) is 23.8 Å². The van der Waals surface area contributed by atoms with E-state index in [2.05, 4.69) is 10.1 Å². The van der Waals surface area contributed by atoms with Crippen LogP contribution in [0.1, 0.15) is 57.9 Å². The zero-order valence-electron chi connectivity index (χ0n) is 23.7. The van der Waals surface area contributed by atoms with Crippen molar-refractivity contribution in [1.82, 2.24) is 5.32 Å². The highest BCUT2D eigenvalue weighted by Crippen LogP contribution is 2.39. The summed E-state index contributed by atoms with van der Waals surface area (Å²) in [5.41, 5.74) is -2.91. The predicted molar refractivity (Wildman–Crippen MR) is 148 cm³/mol. The highest BCUT2D eigenvalue weighted by atomic mass is 19.4. The second kappa shape index (κ2) is 12.9. The summed E-state index contributed by atoms with van der Waals surface area (Å²) in [4.78, 5) is 13.7. The van der Waals surface area contributed by atoms with Gasteiger partial charge in [-0.2, -0.15) is 30.7 Å². The van der Waals surface area contributed by atoms with Gasteiger partial charge >= 0.3 is 18.7 Å². The number of halogens is 9. The number of ether oxygens (including phenoxy) is 1. The number of carbonyl (C=O) groups excluding carboxylic acids is 1. The van der Waals surface area contributed by atoms with Crippen LogP contribution in [0.15, 0.2) is 91.0 Å². The summed E-state index contributed by atoms with van der Waals surface area (Å²) < 4.78 is 127. The minimum atomic E-state index is -5.14. The van der Waals surface area contributed by atoms with Gasteiger partial charge in [0, 0.05) is 18.1 Å². The summed E-state index contributed by atoms with van der Waals surface area (Å²) in [6.07, 6.45) is -14.6. The molecule has 1 atom stereocenters. The summed E-state index contributed by atoms with van der Waals surface area (Å²) in [5, 5.41) is 2.63. The molecule has 1 N–H and O–H groups in total. The standard InChI is InChI=1S/C33H26F9NO2/c1-19(2)21-8-11-23(12-9-21)31(18-20-6-4-3-5-7-20,24-15-25(34)17-26(16-24)45-33(41,42)30(36)37)43-29(44)22-10-13-28(35)27(14-22)32(38,39)40/h3-17,19,30H,18H2,1-2H3,(H,43,44)/t31-/m1/s1. The van der Waals surface area contributed by atoms with Gasteiger partial charge in [0.05, 0.1) is 11.1 Å². The second-order valence-corrected chi connectivity index (χ2v) is 10.6. The molecule has 0 radical (unpaired) electrons. The second-order valence-electron chi connectivity index (χ2n) is 10.6. The van der Waals surface area contributed by atoms with E-state index in [-0.39, 0.29) is 23.5 Å². The van der Waals surface area contributed by atoms with Crippen molar-refractivity contribution in [2.24, 2.45) is 0 Å². The molecule has 0 saturated heterocycles. The van der Waals surface area contributed by atoms with E-state index >= 15 is 4.39 Å². The van der Waals surface area contributed by atoms with Gasteiger partial charge in [-0.1, -0.05) is 68.4 Å². The topological polar surface area (TPSA) is 38.3 Å². The van der Waals surface area contributed by atoms with Crippen LogP contribution in [0.5, 0.6) is 5.75 Å². The van der Waals surface area contributed by atoms with Crippen molar-refractivity contribution in [3.05, 3.63) is 136 Å². The van der Waals surface area contributed by atoms with Crippen LogP contribution in [-0.4, -0.2) is 18.4 Å². The fourth-order valence-corrected chi connectivity index (χ4v) is 4.83. The highest BCUT2D eigenvalue weighted by molar-refractivity contribution is 5.95. The summed E-state index contributed by atoms with van der Waals surface area (Å²) in [6.45, 7) is 3.81. The minimum absolute atomic E-state index is 0.0444. The number of hydrogen-bond acceptors (Lipinski definition) is 2. The maximum absolute atomic E-state index is 15.1. The smallest absolute Gasteiger partial charge is 0.428 e. The average molecular weight is 640 g/mol. The molecule has 238 valence electrons. The first-order chi connectivity index (χ1) is 21.0. The van der Waals surface area contributed by atoms with E-state index in [0.29, 0.717) is 23.8 Å². The van der Waals surface area contributed by atoms with Gasteiger partial charge in [-0.05, 0) is 58.5 Å². The van der Waals surface area contributed by atoms with Crippen molar-refractivity contribution in [2.45, 2.75) is 50.4 Å². The Morgan fingerprint density at radius 1 is 0.800 bits per heavy atom. The number of rotatable bonds is 10. The molecule has 0 saturated carbocycles. The van der Waals surface area contributed by atoms with E-state index in [1.807, 2.05) is 13.8 Å². The summed E-state index contributed by atoms with van der Waals surface area (Å²) in [5.74, 6) is -4.93. The predicted octanol–water partition coefficient (Wildman–Crippen LogP) is 9.26. The van der Waals surface area contributed by atoms with Crippen molar-refractivity contribution in [1.29, 1.82) is 0 Å². The average Bonchev–Trinajstić information content (AvgIpc) is 2.96. The number of hydrogen-bond donors (Lipinski definition) is 1. The van der Waals surface area contributed by atoms with Crippen LogP contribution < -0.4 is 10.1 Å². The fraction of sp³-hybridized carbons (Fsp3) is 0.242. The van der Waals surface area contributed by atoms with Crippen LogP contribution in [0.25, 0.3) is 0 Å². The van der Waals surface area contributed by atoms with Crippen molar-refractivity contribution in [2.75, 3.05) is 0 Å². The molecule has 0 fully saturated rings. The van der Waals surface area contributed by atoms with Crippen molar-refractivity contribution in [3.8, 4) is 5.75 Å². The Kier molecular flexibility index (Phi) is 9.55. The van der Waals surface area contributed by atoms with E-state index in [1.54, 1.807) is 54.6 Å². The maximum atomic E-state index is 15.1. The van der Waals surface area contributed by atoms with E-state index < -0.39 is 58.7 Å². The molecule has 1 amide bonds. The Labute approximate surface area is 252 Å². The first-order valence-electron chi connectivity index (χ1n) is 13.5. The normalized spacial score (nSPS) is 13.5. The van der Waals surface area contributed by atoms with E-state index in [4.69, 9.17) is 0 Å². The van der Waals surface area contributed by atoms with Crippen LogP contribution >= 0.6 is 0 Å². The van der Waals surface area contributed by atoms with Crippen LogP contribution in [-0.2, 0) is 18.1 Å². The third-order valence-corrected chi connectivity index (χ3v) is 7.12. The lowest BCUT2D eigenvalue weighted by Gasteiger charge is -2.37. The first kappa shape index (κ1) is 33.4. The molecule has 4 aromatic rings. The summed E-state index contributed by atoms with van der Waals surface area (Å²) in [6, 6.07) is 18.5. The lowest BCUT2D eigenvalue weighted by atomic mass is 9.77. The molecule has 0 aromatic heterocycles. The summed E-state index contributed by atoms with van der Waals surface area (Å²) in [7, 11) is 0. The van der Waals surface area contributed by atoms with Crippen molar-refractivity contribution in [3.63, 3.8) is 0 Å². The van der Waals surface area contributed by atoms with Crippen LogP contribution in [0, 0.1) is 11.6 Å². The molecule has 0 heterocycles. The lowest BCUT2D eigenvalue weighted by Crippen LogP contribution is -2.49. The summed E-state index contributed by atoms with van der Waals surface area (Å²) >= 11 is 0. The molecule has 45 heavy (non-hydrogen) atoms. The Morgan fingerprint density at radius 3 is 2.02 bits per heavy atom. The van der Waals surface area contributed by atoms with Gasteiger partial charge in [-0.3, -0.25) is 4.79 Å². The van der Waals surface area contributed by atoms with Crippen molar-refractivity contribution >= 4 is 5.91 Å². The van der Waals surface area contributed by atoms with Gasteiger partial charge in [0.2, 0.25) is 0 Å². The Bertz CT molecular complexity index is 1640. The molecule has 0 unspecified atom stereocenters. The van der Waals surface area contributed by atoms with Crippen molar-refractivity contribution < 1.29 is 49.0 Å². The molecule has 0 aliphatic carbocycles. The van der Waals surface area contributed by atoms with E-state index in [9.17, 15) is 39.9 Å². The van der Waals surface area contributed by atoms with Gasteiger partial charge < -0.3 is 10.1 Å². The first-order valence-corrected chi connectivity index (χ1v) is 13.5. The third kappa shape index (κ3) is 7.61. The Hall–Kier alpha value is -4.48. The maximum Gasteiger partial charge on any atom is 0.461 e. The van der Waals surface area contributed by atoms with Gasteiger partial charge in [0.25, 0.3) is 5.91 Å². The molecule has 4 rings (SSSR count). The Balaban J connectivity index is 1.97. The van der Waals surface area contributed by atoms with Gasteiger partial charge in [-0.15, -0.1) is 0 Å². The molecule has 3 nitrogen and oxygen atoms in total. The molecule has 12 heteroatoms. The minimum Gasteiger partial charge on any atom is -0.428 e. The number of alkyl halides is 7. The van der Waals surface area contributed by atoms with Crippen LogP contribution in [0.4, 0.5) is 39.5 Å². The molecule has 0 aliphatic heterocycles. The van der Waals surface area contributed by atoms with E-state index in [1.165, 1.54) is 0 Å². The molecule has 4 aromatic carbocycles. The van der Waals surface area contributed by atoms with Crippen LogP contribution in [0.2, 0.25) is 0 Å². The SMILES string of the molecule is CC(C)c1ccc([C@@](Cc2ccccc2)(NC(=O)c2ccc(F)c(C(F)(F)F)c2)c2cc(F)cc(OC(F)(F)C(F)F)c2)cc1. The number of benzene rings is 4. The zero-order chi connectivity index (χ0) is 33.2. The number of nitrogens with one attached hydrogen (secondary N) is 1. The molecular formula is C33H26F9NO2. The molecular weight excluding hydrogens is 613 g/mol. The highest BCUT2D eigenvalue weighted by Gasteiger charge is 2.45. The lowest BCUT2D eigenvalue weighted by molar-refractivity contribution is -0.253. The third-order valence-electron chi connectivity index (χ3n) is 7.12. The largest absolute Gasteiger partial charge is 0.461 e. The van der Waals surface area contributed by atoms with Gasteiger partial charge in [0.1, 0.15) is 17.4 Å².